The molecule has 1 N–H and O–H groups in total. The third-order valence-electron chi connectivity index (χ3n) is 10.6. The van der Waals surface area contributed by atoms with Gasteiger partial charge in [0.15, 0.2) is 5.82 Å². The molecule has 2 saturated heterocycles. The van der Waals surface area contributed by atoms with Crippen molar-refractivity contribution in [3.05, 3.63) is 76.9 Å². The van der Waals surface area contributed by atoms with E-state index < -0.39 is 0 Å². The number of fused-ring (bicyclic) bond motifs is 1. The molecule has 3 aromatic rings. The minimum Gasteiger partial charge on any atom is -0.508 e. The molecule has 7 rings (SSSR count). The predicted octanol–water partition coefficient (Wildman–Crippen LogP) is 6.20. The fourth-order valence-electron chi connectivity index (χ4n) is 7.96. The number of hydrogen-bond acceptors (Lipinski definition) is 7. The molecule has 1 aromatic heterocycles. The summed E-state index contributed by atoms with van der Waals surface area (Å²) >= 11 is 0. The molecular weight excluding hydrogens is 536 g/mol. The lowest BCUT2D eigenvalue weighted by molar-refractivity contribution is -0.0838. The van der Waals surface area contributed by atoms with Gasteiger partial charge in [-0.2, -0.15) is 4.98 Å². The molecule has 2 aliphatic carbocycles. The van der Waals surface area contributed by atoms with E-state index in [1.165, 1.54) is 55.5 Å². The number of phenols is 1. The maximum Gasteiger partial charge on any atom is 0.227 e. The highest BCUT2D eigenvalue weighted by atomic mass is 16.5. The summed E-state index contributed by atoms with van der Waals surface area (Å²) in [6.07, 6.45) is 8.20. The van der Waals surface area contributed by atoms with E-state index in [-0.39, 0.29) is 11.3 Å². The molecular formula is C36H50N4O3. The standard InChI is InChI=1S/C19H25NO2.C17H25N3O/c21-15-4-3-14-9-18-16-5-8-22-12-19(16,17(14)10-15)6-7-20(18)11-13-1-2-13;1-4-15(14-10-8-7-9-11-14)17-18-16(21-19-17)12-13-20(5-2)6-3/h3-4,10,13,16,18,21H,1-2,5-9,11-12H2;7-11,15H,4-6,12-13H2,1-3H3. The third-order valence-corrected chi connectivity index (χ3v) is 10.6. The normalized spacial score (nSPS) is 25.4. The lowest BCUT2D eigenvalue weighted by Gasteiger charge is -2.58. The van der Waals surface area contributed by atoms with Gasteiger partial charge in [0.2, 0.25) is 5.89 Å². The molecule has 3 fully saturated rings. The molecule has 3 heterocycles. The Labute approximate surface area is 257 Å². The van der Waals surface area contributed by atoms with Gasteiger partial charge in [-0.15, -0.1) is 0 Å². The molecule has 232 valence electrons. The summed E-state index contributed by atoms with van der Waals surface area (Å²) in [5, 5.41) is 14.2. The molecule has 0 spiro atoms. The number of benzene rings is 2. The molecule has 1 saturated carbocycles. The van der Waals surface area contributed by atoms with Crippen molar-refractivity contribution in [2.45, 2.75) is 83.1 Å². The Morgan fingerprint density at radius 2 is 1.88 bits per heavy atom. The van der Waals surface area contributed by atoms with Crippen molar-refractivity contribution in [3.63, 3.8) is 0 Å². The number of hydrogen-bond donors (Lipinski definition) is 1. The summed E-state index contributed by atoms with van der Waals surface area (Å²) < 4.78 is 11.4. The second-order valence-electron chi connectivity index (χ2n) is 13.1. The van der Waals surface area contributed by atoms with Crippen LogP contribution in [0.2, 0.25) is 0 Å². The molecule has 2 bridgehead atoms. The number of aromatic hydroxyl groups is 1. The zero-order valence-corrected chi connectivity index (χ0v) is 26.4. The maximum absolute atomic E-state index is 10.0. The summed E-state index contributed by atoms with van der Waals surface area (Å²) in [6, 6.07) is 17.1. The molecule has 2 aromatic carbocycles. The van der Waals surface area contributed by atoms with E-state index in [4.69, 9.17) is 9.26 Å². The van der Waals surface area contributed by atoms with Crippen molar-refractivity contribution in [2.75, 3.05) is 45.9 Å². The van der Waals surface area contributed by atoms with Gasteiger partial charge in [-0.25, -0.2) is 0 Å². The average molecular weight is 587 g/mol. The summed E-state index contributed by atoms with van der Waals surface area (Å²) in [7, 11) is 0. The van der Waals surface area contributed by atoms with Gasteiger partial charge in [-0.3, -0.25) is 4.90 Å². The first-order chi connectivity index (χ1) is 21.0. The first-order valence-corrected chi connectivity index (χ1v) is 16.8. The van der Waals surface area contributed by atoms with Crippen molar-refractivity contribution >= 4 is 0 Å². The average Bonchev–Trinajstić information content (AvgIpc) is 3.75. The molecule has 4 unspecified atom stereocenters. The Bertz CT molecular complexity index is 1320. The van der Waals surface area contributed by atoms with Gasteiger partial charge in [0, 0.05) is 43.5 Å². The van der Waals surface area contributed by atoms with Crippen LogP contribution >= 0.6 is 0 Å². The van der Waals surface area contributed by atoms with E-state index >= 15 is 0 Å². The van der Waals surface area contributed by atoms with Gasteiger partial charge < -0.3 is 19.3 Å². The first kappa shape index (κ1) is 30.3. The van der Waals surface area contributed by atoms with Crippen molar-refractivity contribution < 1.29 is 14.4 Å². The summed E-state index contributed by atoms with van der Waals surface area (Å²) in [5.41, 5.74) is 4.25. The van der Waals surface area contributed by atoms with E-state index in [2.05, 4.69) is 71.0 Å². The predicted molar refractivity (Wildman–Crippen MR) is 169 cm³/mol. The number of nitrogens with zero attached hydrogens (tertiary/aromatic N) is 4. The third kappa shape index (κ3) is 6.54. The fourth-order valence-corrected chi connectivity index (χ4v) is 7.96. The lowest BCUT2D eigenvalue weighted by Crippen LogP contribution is -2.63. The highest BCUT2D eigenvalue weighted by Crippen LogP contribution is 2.53. The second kappa shape index (κ2) is 13.5. The second-order valence-corrected chi connectivity index (χ2v) is 13.1. The topological polar surface area (TPSA) is 74.9 Å². The molecule has 4 aliphatic rings. The Balaban J connectivity index is 0.000000153. The number of aromatic nitrogens is 2. The van der Waals surface area contributed by atoms with Crippen LogP contribution in [0, 0.1) is 11.8 Å². The molecule has 43 heavy (non-hydrogen) atoms. The number of piperidine rings is 1. The van der Waals surface area contributed by atoms with Crippen LogP contribution in [0.4, 0.5) is 0 Å². The van der Waals surface area contributed by atoms with Crippen LogP contribution < -0.4 is 0 Å². The van der Waals surface area contributed by atoms with E-state index in [9.17, 15) is 5.11 Å². The van der Waals surface area contributed by atoms with Crippen LogP contribution in [0.3, 0.4) is 0 Å². The van der Waals surface area contributed by atoms with Gasteiger partial charge in [0.25, 0.3) is 0 Å². The fraction of sp³-hybridized carbons (Fsp3) is 0.611. The van der Waals surface area contributed by atoms with Crippen LogP contribution in [0.25, 0.3) is 0 Å². The van der Waals surface area contributed by atoms with Gasteiger partial charge in [-0.05, 0) is 98.8 Å². The number of ether oxygens (including phenoxy) is 1. The zero-order chi connectivity index (χ0) is 29.8. The van der Waals surface area contributed by atoms with Crippen molar-refractivity contribution in [3.8, 4) is 5.75 Å². The zero-order valence-electron chi connectivity index (χ0n) is 26.4. The number of likely N-dealkylation sites (tertiary alicyclic amines) is 1. The molecule has 0 radical (unpaired) electrons. The van der Waals surface area contributed by atoms with E-state index in [0.29, 0.717) is 17.7 Å². The van der Waals surface area contributed by atoms with Gasteiger partial charge in [-0.1, -0.05) is 62.3 Å². The highest BCUT2D eigenvalue weighted by molar-refractivity contribution is 5.45. The van der Waals surface area contributed by atoms with Gasteiger partial charge in [0.1, 0.15) is 5.75 Å². The molecule has 0 amide bonds. The lowest BCUT2D eigenvalue weighted by atomic mass is 9.56. The van der Waals surface area contributed by atoms with Crippen LogP contribution in [0.5, 0.6) is 5.75 Å². The van der Waals surface area contributed by atoms with Crippen molar-refractivity contribution in [2.24, 2.45) is 11.8 Å². The monoisotopic (exact) mass is 586 g/mol. The quantitative estimate of drug-likeness (QED) is 0.303. The molecule has 2 aliphatic heterocycles. The van der Waals surface area contributed by atoms with E-state index in [1.807, 2.05) is 18.2 Å². The number of likely N-dealkylation sites (N-methyl/N-ethyl adjacent to an activating group) is 1. The van der Waals surface area contributed by atoms with Gasteiger partial charge >= 0.3 is 0 Å². The molecule has 4 atom stereocenters. The van der Waals surface area contributed by atoms with E-state index in [0.717, 1.165) is 69.7 Å². The Kier molecular flexibility index (Phi) is 9.51. The SMILES string of the molecule is CCC(c1ccccc1)c1noc(CCN(CC)CC)n1.Oc1ccc2c(c1)C13CCN(CC4CC4)C(C2)C1CCOC3. The van der Waals surface area contributed by atoms with Crippen molar-refractivity contribution in [1.29, 1.82) is 0 Å². The largest absolute Gasteiger partial charge is 0.508 e. The Hall–Kier alpha value is -2.74. The summed E-state index contributed by atoms with van der Waals surface area (Å²) in [4.78, 5) is 9.75. The van der Waals surface area contributed by atoms with Crippen LogP contribution in [0.1, 0.15) is 87.2 Å². The minimum absolute atomic E-state index is 0.162. The van der Waals surface area contributed by atoms with Crippen molar-refractivity contribution in [1.82, 2.24) is 19.9 Å². The summed E-state index contributed by atoms with van der Waals surface area (Å²) in [6.45, 7) is 13.9. The van der Waals surface area contributed by atoms with E-state index in [1.54, 1.807) is 0 Å². The molecule has 7 heteroatoms. The Morgan fingerprint density at radius 3 is 2.63 bits per heavy atom. The summed E-state index contributed by atoms with van der Waals surface area (Å²) in [5.74, 6) is 3.86. The number of rotatable bonds is 10. The smallest absolute Gasteiger partial charge is 0.227 e. The molecule has 7 nitrogen and oxygen atoms in total. The highest BCUT2D eigenvalue weighted by Gasteiger charge is 2.55. The minimum atomic E-state index is 0.162. The van der Waals surface area contributed by atoms with Crippen LogP contribution in [-0.2, 0) is 23.0 Å². The maximum atomic E-state index is 10.0. The Morgan fingerprint density at radius 1 is 1.07 bits per heavy atom. The van der Waals surface area contributed by atoms with Crippen LogP contribution in [-0.4, -0.2) is 77.0 Å². The number of phenolic OH excluding ortho intramolecular Hbond substituents is 1. The van der Waals surface area contributed by atoms with Gasteiger partial charge in [0.05, 0.1) is 6.61 Å². The first-order valence-electron chi connectivity index (χ1n) is 16.8. The van der Waals surface area contributed by atoms with Crippen LogP contribution in [0.15, 0.2) is 53.1 Å².